The molecule has 8 nitrogen and oxygen atoms in total. The predicted octanol–water partition coefficient (Wildman–Crippen LogP) is 5.99. The number of halogens is 3. The van der Waals surface area contributed by atoms with Crippen LogP contribution in [0.4, 0.5) is 10.1 Å². The first-order valence-electron chi connectivity index (χ1n) is 10.4. The third kappa shape index (κ3) is 5.46. The van der Waals surface area contributed by atoms with Crippen molar-refractivity contribution in [1.29, 1.82) is 0 Å². The highest BCUT2D eigenvalue weighted by atomic mass is 79.9. The van der Waals surface area contributed by atoms with Crippen molar-refractivity contribution in [2.45, 2.75) is 20.0 Å². The van der Waals surface area contributed by atoms with E-state index in [2.05, 4.69) is 41.9 Å². The summed E-state index contributed by atoms with van der Waals surface area (Å²) in [6.45, 7) is 1.79. The van der Waals surface area contributed by atoms with Gasteiger partial charge in [0.05, 0.1) is 26.5 Å². The Morgan fingerprint density at radius 2 is 2.00 bits per heavy atom. The van der Waals surface area contributed by atoms with Crippen LogP contribution in [0.15, 0.2) is 73.4 Å². The van der Waals surface area contributed by atoms with Gasteiger partial charge in [0.1, 0.15) is 18.2 Å². The minimum atomic E-state index is -0.582. The molecule has 0 N–H and O–H groups in total. The van der Waals surface area contributed by atoms with Crippen molar-refractivity contribution in [3.8, 4) is 5.75 Å². The zero-order valence-electron chi connectivity index (χ0n) is 18.2. The van der Waals surface area contributed by atoms with E-state index in [4.69, 9.17) is 4.74 Å². The van der Waals surface area contributed by atoms with Gasteiger partial charge < -0.3 is 4.74 Å². The number of nitro benzene ring substituents is 1. The smallest absolute Gasteiger partial charge is 0.312 e. The molecule has 0 saturated heterocycles. The van der Waals surface area contributed by atoms with Crippen LogP contribution in [0.1, 0.15) is 23.9 Å². The van der Waals surface area contributed by atoms with Crippen molar-refractivity contribution in [3.05, 3.63) is 107 Å². The molecule has 0 bridgehead atoms. The van der Waals surface area contributed by atoms with Crippen molar-refractivity contribution >= 4 is 54.7 Å². The van der Waals surface area contributed by atoms with Crippen LogP contribution in [0.25, 0.3) is 10.9 Å². The molecule has 0 aliphatic rings. The molecule has 3 aromatic carbocycles. The lowest BCUT2D eigenvalue weighted by Crippen LogP contribution is -2.22. The van der Waals surface area contributed by atoms with E-state index in [0.717, 1.165) is 4.47 Å². The van der Waals surface area contributed by atoms with Crippen molar-refractivity contribution in [2.24, 2.45) is 5.10 Å². The van der Waals surface area contributed by atoms with Crippen LogP contribution < -0.4 is 10.3 Å². The minimum Gasteiger partial charge on any atom is -0.481 e. The fraction of sp³-hybridized carbons (Fsp3) is 0.125. The monoisotopic (exact) mass is 602 g/mol. The quantitative estimate of drug-likeness (QED) is 0.147. The number of hydrogen-bond donors (Lipinski definition) is 0. The van der Waals surface area contributed by atoms with Gasteiger partial charge in [0, 0.05) is 22.5 Å². The van der Waals surface area contributed by atoms with Gasteiger partial charge in [-0.1, -0.05) is 35.0 Å². The summed E-state index contributed by atoms with van der Waals surface area (Å²) in [5, 5.41) is 16.4. The molecule has 4 aromatic rings. The number of aromatic nitrogens is 2. The Labute approximate surface area is 215 Å². The van der Waals surface area contributed by atoms with Crippen LogP contribution in [-0.2, 0) is 13.0 Å². The van der Waals surface area contributed by atoms with Gasteiger partial charge in [0.2, 0.25) is 5.75 Å². The molecular formula is C24H17Br2FN4O4. The number of hydrogen-bond acceptors (Lipinski definition) is 6. The van der Waals surface area contributed by atoms with Crippen LogP contribution in [0.2, 0.25) is 0 Å². The molecule has 0 unspecified atom stereocenters. The summed E-state index contributed by atoms with van der Waals surface area (Å²) in [4.78, 5) is 28.7. The predicted molar refractivity (Wildman–Crippen MR) is 138 cm³/mol. The summed E-state index contributed by atoms with van der Waals surface area (Å²) >= 11 is 6.67. The summed E-state index contributed by atoms with van der Waals surface area (Å²) in [6, 6.07) is 13.9. The third-order valence-electron chi connectivity index (χ3n) is 5.03. The summed E-state index contributed by atoms with van der Waals surface area (Å²) < 4.78 is 21.3. The minimum absolute atomic E-state index is 0.0000439. The van der Waals surface area contributed by atoms with Gasteiger partial charge in [-0.15, -0.1) is 0 Å². The lowest BCUT2D eigenvalue weighted by atomic mass is 10.2. The van der Waals surface area contributed by atoms with Gasteiger partial charge in [-0.3, -0.25) is 14.9 Å². The summed E-state index contributed by atoms with van der Waals surface area (Å²) in [7, 11) is 0. The molecule has 35 heavy (non-hydrogen) atoms. The zero-order valence-corrected chi connectivity index (χ0v) is 21.4. The van der Waals surface area contributed by atoms with E-state index in [1.54, 1.807) is 30.3 Å². The lowest BCUT2D eigenvalue weighted by Gasteiger charge is -2.10. The Morgan fingerprint density at radius 3 is 2.71 bits per heavy atom. The first kappa shape index (κ1) is 24.7. The van der Waals surface area contributed by atoms with Gasteiger partial charge in [-0.2, -0.15) is 9.78 Å². The van der Waals surface area contributed by atoms with Crippen molar-refractivity contribution in [1.82, 2.24) is 9.66 Å². The second-order valence-corrected chi connectivity index (χ2v) is 9.20. The van der Waals surface area contributed by atoms with E-state index in [1.807, 2.05) is 6.92 Å². The highest BCUT2D eigenvalue weighted by molar-refractivity contribution is 9.10. The topological polar surface area (TPSA) is 99.6 Å². The summed E-state index contributed by atoms with van der Waals surface area (Å²) in [5.41, 5.74) is 0.789. The first-order valence-corrected chi connectivity index (χ1v) is 12.0. The van der Waals surface area contributed by atoms with Gasteiger partial charge in [-0.25, -0.2) is 9.37 Å². The fourth-order valence-corrected chi connectivity index (χ4v) is 4.34. The van der Waals surface area contributed by atoms with Crippen molar-refractivity contribution in [3.63, 3.8) is 0 Å². The molecule has 178 valence electrons. The van der Waals surface area contributed by atoms with E-state index in [1.165, 1.54) is 35.2 Å². The highest BCUT2D eigenvalue weighted by Crippen LogP contribution is 2.36. The van der Waals surface area contributed by atoms with E-state index in [9.17, 15) is 19.3 Å². The maximum absolute atomic E-state index is 13.4. The molecular weight excluding hydrogens is 587 g/mol. The Morgan fingerprint density at radius 1 is 1.20 bits per heavy atom. The van der Waals surface area contributed by atoms with Crippen LogP contribution in [0.3, 0.4) is 0 Å². The molecule has 0 saturated carbocycles. The molecule has 0 spiro atoms. The Bertz CT molecular complexity index is 1540. The second-order valence-electron chi connectivity index (χ2n) is 7.43. The molecule has 0 amide bonds. The van der Waals surface area contributed by atoms with Crippen molar-refractivity contribution < 1.29 is 14.1 Å². The van der Waals surface area contributed by atoms with E-state index < -0.39 is 10.7 Å². The van der Waals surface area contributed by atoms with E-state index >= 15 is 0 Å². The number of aryl methyl sites for hydroxylation is 1. The lowest BCUT2D eigenvalue weighted by molar-refractivity contribution is -0.386. The van der Waals surface area contributed by atoms with E-state index in [0.29, 0.717) is 38.7 Å². The molecule has 1 heterocycles. The average molecular weight is 604 g/mol. The number of fused-ring (bicyclic) bond motifs is 1. The SMILES string of the molecule is CCc1nc2ccc(Br)cc2c(=O)n1N=Cc1cc(Br)c(OCc2cccc(F)c2)c([N+](=O)[O-])c1. The molecule has 0 radical (unpaired) electrons. The number of nitrogens with zero attached hydrogens (tertiary/aromatic N) is 4. The maximum Gasteiger partial charge on any atom is 0.312 e. The second kappa shape index (κ2) is 10.4. The largest absolute Gasteiger partial charge is 0.481 e. The molecule has 1 aromatic heterocycles. The van der Waals surface area contributed by atoms with Crippen molar-refractivity contribution in [2.75, 3.05) is 0 Å². The van der Waals surface area contributed by atoms with Crippen LogP contribution in [0, 0.1) is 15.9 Å². The number of rotatable bonds is 7. The number of benzene rings is 3. The molecule has 0 aliphatic carbocycles. The Hall–Kier alpha value is -3.44. The van der Waals surface area contributed by atoms with Crippen LogP contribution in [-0.4, -0.2) is 20.8 Å². The van der Waals surface area contributed by atoms with E-state index in [-0.39, 0.29) is 23.6 Å². The number of nitro groups is 1. The molecule has 0 fully saturated rings. The molecule has 0 atom stereocenters. The molecule has 11 heteroatoms. The van der Waals surface area contributed by atoms with Gasteiger partial charge in [-0.05, 0) is 57.9 Å². The summed E-state index contributed by atoms with van der Waals surface area (Å²) in [5.74, 6) is 0.0215. The van der Waals surface area contributed by atoms with Gasteiger partial charge in [0.15, 0.2) is 0 Å². The van der Waals surface area contributed by atoms with Gasteiger partial charge in [0.25, 0.3) is 5.56 Å². The maximum atomic E-state index is 13.4. The molecule has 4 rings (SSSR count). The average Bonchev–Trinajstić information content (AvgIpc) is 2.82. The van der Waals surface area contributed by atoms with Crippen LogP contribution >= 0.6 is 31.9 Å². The normalized spacial score (nSPS) is 11.3. The standard InChI is InChI=1S/C24H17Br2FN4O4/c1-2-22-29-20-7-6-16(25)11-18(20)24(32)30(22)28-12-15-9-19(26)23(21(10-15)31(33)34)35-13-14-4-3-5-17(27)8-14/h3-12H,2,13H2,1H3. The molecule has 0 aliphatic heterocycles. The fourth-order valence-electron chi connectivity index (χ4n) is 3.40. The number of ether oxygens (including phenoxy) is 1. The van der Waals surface area contributed by atoms with Gasteiger partial charge >= 0.3 is 5.69 Å². The van der Waals surface area contributed by atoms with Crippen LogP contribution in [0.5, 0.6) is 5.75 Å². The zero-order chi connectivity index (χ0) is 25.1. The summed E-state index contributed by atoms with van der Waals surface area (Å²) in [6.07, 6.45) is 1.80. The Balaban J connectivity index is 1.70. The highest BCUT2D eigenvalue weighted by Gasteiger charge is 2.20. The first-order chi connectivity index (χ1) is 16.8. The Kier molecular flexibility index (Phi) is 7.37. The third-order valence-corrected chi connectivity index (χ3v) is 6.11.